The summed E-state index contributed by atoms with van der Waals surface area (Å²) < 4.78 is 32.9. The van der Waals surface area contributed by atoms with Crippen molar-refractivity contribution in [3.05, 3.63) is 45.8 Å². The maximum Gasteiger partial charge on any atom is 0.409 e. The number of benzene rings is 1. The lowest BCUT2D eigenvalue weighted by Gasteiger charge is -2.25. The highest BCUT2D eigenvalue weighted by Crippen LogP contribution is 2.37. The lowest BCUT2D eigenvalue weighted by molar-refractivity contribution is 0.0962. The number of hydrogen-bond donors (Lipinski definition) is 2. The van der Waals surface area contributed by atoms with E-state index in [1.54, 1.807) is 4.90 Å². The van der Waals surface area contributed by atoms with Crippen molar-refractivity contribution >= 4 is 44.3 Å². The molecule has 0 radical (unpaired) electrons. The predicted molar refractivity (Wildman–Crippen MR) is 147 cm³/mol. The number of sulfonamides is 1. The Labute approximate surface area is 228 Å². The molecule has 38 heavy (non-hydrogen) atoms. The number of methoxy groups -OCH3 is 1. The van der Waals surface area contributed by atoms with Crippen molar-refractivity contribution in [2.24, 2.45) is 11.8 Å². The van der Waals surface area contributed by atoms with Gasteiger partial charge in [-0.2, -0.15) is 4.31 Å². The number of fused-ring (bicyclic) bond motifs is 1. The molecule has 1 aromatic carbocycles. The van der Waals surface area contributed by atoms with Gasteiger partial charge in [-0.1, -0.05) is 27.7 Å². The largest absolute Gasteiger partial charge is 0.453 e. The first-order valence-electron chi connectivity index (χ1n) is 12.5. The van der Waals surface area contributed by atoms with Gasteiger partial charge < -0.3 is 20.3 Å². The molecule has 208 valence electrons. The Bertz CT molecular complexity index is 1280. The number of nitrogens with one attached hydrogen (secondary N) is 2. The Morgan fingerprint density at radius 3 is 2.18 bits per heavy atom. The molecule has 0 bridgehead atoms. The van der Waals surface area contributed by atoms with E-state index in [0.29, 0.717) is 36.6 Å². The lowest BCUT2D eigenvalue weighted by atomic mass is 10.0. The van der Waals surface area contributed by atoms with Crippen LogP contribution >= 0.6 is 11.3 Å². The molecular formula is C26H36N4O6S2. The topological polar surface area (TPSA) is 125 Å². The number of amides is 3. The SMILES string of the molecule is CNC(=O)c1c(NC(=O)c2ccc(S(=O)(=O)N(CC(C)C)CC(C)C)cc2)sc2c1CCN(C(=O)OC)C2. The number of nitrogens with zero attached hydrogens (tertiary/aromatic N) is 2. The van der Waals surface area contributed by atoms with Crippen LogP contribution in [0.4, 0.5) is 9.80 Å². The third kappa shape index (κ3) is 6.54. The number of carbonyl (C=O) groups is 3. The Balaban J connectivity index is 1.85. The van der Waals surface area contributed by atoms with Gasteiger partial charge in [-0.05, 0) is 48.1 Å². The highest BCUT2D eigenvalue weighted by atomic mass is 32.2. The van der Waals surface area contributed by atoms with E-state index >= 15 is 0 Å². The van der Waals surface area contributed by atoms with Crippen LogP contribution in [0.1, 0.15) is 58.9 Å². The fourth-order valence-corrected chi connectivity index (χ4v) is 7.35. The van der Waals surface area contributed by atoms with Crippen molar-refractivity contribution in [3.63, 3.8) is 0 Å². The summed E-state index contributed by atoms with van der Waals surface area (Å²) in [5.41, 5.74) is 1.43. The van der Waals surface area contributed by atoms with Crippen LogP contribution in [0.3, 0.4) is 0 Å². The number of anilines is 1. The summed E-state index contributed by atoms with van der Waals surface area (Å²) >= 11 is 1.24. The molecule has 0 spiro atoms. The van der Waals surface area contributed by atoms with Crippen molar-refractivity contribution in [2.75, 3.05) is 39.1 Å². The average molecular weight is 565 g/mol. The normalized spacial score (nSPS) is 13.6. The van der Waals surface area contributed by atoms with Crippen LogP contribution in [0.15, 0.2) is 29.2 Å². The zero-order valence-corrected chi connectivity index (χ0v) is 24.3. The molecule has 0 atom stereocenters. The van der Waals surface area contributed by atoms with Crippen LogP contribution < -0.4 is 10.6 Å². The third-order valence-corrected chi connectivity index (χ3v) is 9.04. The van der Waals surface area contributed by atoms with Gasteiger partial charge in [0.2, 0.25) is 10.0 Å². The molecular weight excluding hydrogens is 528 g/mol. The first-order valence-corrected chi connectivity index (χ1v) is 14.8. The van der Waals surface area contributed by atoms with E-state index in [-0.39, 0.29) is 34.7 Å². The van der Waals surface area contributed by atoms with Crippen molar-refractivity contribution in [1.29, 1.82) is 0 Å². The molecule has 2 N–H and O–H groups in total. The molecule has 1 aromatic heterocycles. The quantitative estimate of drug-likeness (QED) is 0.478. The zero-order valence-electron chi connectivity index (χ0n) is 22.7. The van der Waals surface area contributed by atoms with E-state index in [1.165, 1.54) is 54.1 Å². The minimum Gasteiger partial charge on any atom is -0.453 e. The minimum absolute atomic E-state index is 0.121. The van der Waals surface area contributed by atoms with Crippen LogP contribution in [0.25, 0.3) is 0 Å². The number of rotatable bonds is 9. The smallest absolute Gasteiger partial charge is 0.409 e. The molecule has 0 saturated heterocycles. The highest BCUT2D eigenvalue weighted by Gasteiger charge is 2.31. The van der Waals surface area contributed by atoms with Crippen LogP contribution in [0, 0.1) is 11.8 Å². The summed E-state index contributed by atoms with van der Waals surface area (Å²) in [6.07, 6.45) is 0.00145. The molecule has 3 rings (SSSR count). The minimum atomic E-state index is -3.72. The molecule has 1 aliphatic rings. The second-order valence-electron chi connectivity index (χ2n) is 10.0. The molecule has 10 nitrogen and oxygen atoms in total. The molecule has 0 fully saturated rings. The Morgan fingerprint density at radius 1 is 1.05 bits per heavy atom. The molecule has 1 aliphatic heterocycles. The van der Waals surface area contributed by atoms with Gasteiger partial charge in [0, 0.05) is 37.1 Å². The van der Waals surface area contributed by atoms with Gasteiger partial charge in [0.25, 0.3) is 11.8 Å². The van der Waals surface area contributed by atoms with Gasteiger partial charge in [0.1, 0.15) is 5.00 Å². The van der Waals surface area contributed by atoms with Gasteiger partial charge in [-0.25, -0.2) is 13.2 Å². The van der Waals surface area contributed by atoms with Crippen LogP contribution in [-0.2, 0) is 27.7 Å². The second kappa shape index (κ2) is 12.3. The Hall–Kier alpha value is -2.96. The van der Waals surface area contributed by atoms with Crippen molar-refractivity contribution < 1.29 is 27.5 Å². The summed E-state index contributed by atoms with van der Waals surface area (Å²) in [5, 5.41) is 5.81. The maximum absolute atomic E-state index is 13.3. The fourth-order valence-electron chi connectivity index (χ4n) is 4.33. The number of carbonyl (C=O) groups excluding carboxylic acids is 3. The highest BCUT2D eigenvalue weighted by molar-refractivity contribution is 7.89. The molecule has 0 unspecified atom stereocenters. The van der Waals surface area contributed by atoms with Crippen molar-refractivity contribution in [1.82, 2.24) is 14.5 Å². The number of hydrogen-bond acceptors (Lipinski definition) is 7. The standard InChI is InChI=1S/C26H36N4O6S2/c1-16(2)13-30(14-17(3)4)38(34,35)19-9-7-18(8-10-19)23(31)28-25-22(24(32)27-5)20-11-12-29(26(33)36-6)15-21(20)37-25/h7-10,16-17H,11-15H2,1-6H3,(H,27,32)(H,28,31). The van der Waals surface area contributed by atoms with E-state index in [4.69, 9.17) is 4.74 Å². The van der Waals surface area contributed by atoms with Gasteiger partial charge >= 0.3 is 6.09 Å². The molecule has 0 aliphatic carbocycles. The zero-order chi connectivity index (χ0) is 28.2. The van der Waals surface area contributed by atoms with E-state index in [2.05, 4.69) is 10.6 Å². The summed E-state index contributed by atoms with van der Waals surface area (Å²) in [5.74, 6) is -0.469. The first kappa shape index (κ1) is 29.6. The number of ether oxygens (including phenoxy) is 1. The first-order chi connectivity index (χ1) is 17.9. The van der Waals surface area contributed by atoms with Gasteiger partial charge in [-0.3, -0.25) is 9.59 Å². The summed E-state index contributed by atoms with van der Waals surface area (Å²) in [7, 11) is -0.890. The Kier molecular flexibility index (Phi) is 9.55. The van der Waals surface area contributed by atoms with Crippen molar-refractivity contribution in [3.8, 4) is 0 Å². The molecule has 0 saturated carbocycles. The van der Waals surface area contributed by atoms with Crippen LogP contribution in [-0.4, -0.2) is 69.3 Å². The molecule has 3 amide bonds. The van der Waals surface area contributed by atoms with E-state index < -0.39 is 22.0 Å². The molecule has 2 aromatic rings. The second-order valence-corrected chi connectivity index (χ2v) is 13.1. The lowest BCUT2D eigenvalue weighted by Crippen LogP contribution is -2.37. The monoisotopic (exact) mass is 564 g/mol. The fraction of sp³-hybridized carbons (Fsp3) is 0.500. The average Bonchev–Trinajstić information content (AvgIpc) is 3.23. The van der Waals surface area contributed by atoms with Crippen molar-refractivity contribution in [2.45, 2.75) is 45.6 Å². The summed E-state index contributed by atoms with van der Waals surface area (Å²) in [6, 6.07) is 5.81. The van der Waals surface area contributed by atoms with E-state index in [0.717, 1.165) is 10.4 Å². The summed E-state index contributed by atoms with van der Waals surface area (Å²) in [6.45, 7) is 9.37. The summed E-state index contributed by atoms with van der Waals surface area (Å²) in [4.78, 5) is 40.3. The van der Waals surface area contributed by atoms with Gasteiger partial charge in [0.05, 0.1) is 24.1 Å². The Morgan fingerprint density at radius 2 is 1.66 bits per heavy atom. The maximum atomic E-state index is 13.3. The van der Waals surface area contributed by atoms with Crippen LogP contribution in [0.5, 0.6) is 0 Å². The molecule has 2 heterocycles. The number of thiophene rings is 1. The van der Waals surface area contributed by atoms with E-state index in [9.17, 15) is 22.8 Å². The van der Waals surface area contributed by atoms with E-state index in [1.807, 2.05) is 27.7 Å². The predicted octanol–water partition coefficient (Wildman–Crippen LogP) is 3.79. The molecule has 12 heteroatoms. The van der Waals surface area contributed by atoms with Gasteiger partial charge in [0.15, 0.2) is 0 Å². The van der Waals surface area contributed by atoms with Crippen LogP contribution in [0.2, 0.25) is 0 Å². The van der Waals surface area contributed by atoms with Gasteiger partial charge in [-0.15, -0.1) is 11.3 Å². The third-order valence-electron chi connectivity index (χ3n) is 6.06.